The fourth-order valence-corrected chi connectivity index (χ4v) is 3.03. The number of benzene rings is 2. The van der Waals surface area contributed by atoms with Gasteiger partial charge in [-0.2, -0.15) is 0 Å². The smallest absolute Gasteiger partial charge is 0.327 e. The van der Waals surface area contributed by atoms with Crippen LogP contribution in [0.3, 0.4) is 0 Å². The number of carbonyl (C=O) groups is 2. The third-order valence-corrected chi connectivity index (χ3v) is 4.76. The zero-order valence-corrected chi connectivity index (χ0v) is 17.6. The molecule has 1 unspecified atom stereocenters. The molecule has 0 radical (unpaired) electrons. The summed E-state index contributed by atoms with van der Waals surface area (Å²) in [5, 5.41) is 2.98. The van der Waals surface area contributed by atoms with Crippen LogP contribution in [-0.2, 0) is 9.53 Å². The van der Waals surface area contributed by atoms with E-state index in [1.165, 1.54) is 0 Å². The van der Waals surface area contributed by atoms with Gasteiger partial charge in [0.2, 0.25) is 0 Å². The molecule has 0 aliphatic rings. The van der Waals surface area contributed by atoms with E-state index in [-0.39, 0.29) is 5.91 Å². The highest BCUT2D eigenvalue weighted by Crippen LogP contribution is 2.30. The molecule has 0 saturated carbocycles. The largest absolute Gasteiger partial charge is 0.464 e. The lowest BCUT2D eigenvalue weighted by Gasteiger charge is -2.18. The van der Waals surface area contributed by atoms with E-state index in [0.29, 0.717) is 30.2 Å². The first-order chi connectivity index (χ1) is 14.0. The zero-order chi connectivity index (χ0) is 21.2. The minimum Gasteiger partial charge on any atom is -0.464 e. The highest BCUT2D eigenvalue weighted by molar-refractivity contribution is 6.01. The summed E-state index contributed by atoms with van der Waals surface area (Å²) in [6.45, 7) is 7.26. The summed E-state index contributed by atoms with van der Waals surface area (Å²) >= 11 is 0. The molecule has 0 aromatic heterocycles. The molecule has 5 heteroatoms. The Morgan fingerprint density at radius 3 is 2.38 bits per heavy atom. The van der Waals surface area contributed by atoms with Gasteiger partial charge in [-0.1, -0.05) is 69.7 Å². The Kier molecular flexibility index (Phi) is 8.87. The molecule has 0 fully saturated rings. The summed E-state index contributed by atoms with van der Waals surface area (Å²) in [4.78, 5) is 25.2. The van der Waals surface area contributed by atoms with Crippen LogP contribution in [0.25, 0.3) is 11.1 Å². The summed E-state index contributed by atoms with van der Waals surface area (Å²) < 4.78 is 5.30. The fraction of sp³-hybridized carbons (Fsp3) is 0.417. The average molecular weight is 397 g/mol. The van der Waals surface area contributed by atoms with Gasteiger partial charge in [-0.15, -0.1) is 0 Å². The van der Waals surface area contributed by atoms with E-state index in [0.717, 1.165) is 30.4 Å². The van der Waals surface area contributed by atoms with Crippen molar-refractivity contribution in [2.75, 3.05) is 13.2 Å². The number of esters is 1. The van der Waals surface area contributed by atoms with Crippen molar-refractivity contribution < 1.29 is 14.3 Å². The van der Waals surface area contributed by atoms with Crippen LogP contribution in [0.2, 0.25) is 0 Å². The lowest BCUT2D eigenvalue weighted by molar-refractivity contribution is -0.145. The van der Waals surface area contributed by atoms with Crippen molar-refractivity contribution in [3.63, 3.8) is 0 Å². The van der Waals surface area contributed by atoms with Gasteiger partial charge in [-0.05, 0) is 41.5 Å². The van der Waals surface area contributed by atoms with E-state index in [4.69, 9.17) is 10.5 Å². The number of rotatable bonds is 10. The average Bonchev–Trinajstić information content (AvgIpc) is 2.73. The van der Waals surface area contributed by atoms with Crippen molar-refractivity contribution in [3.8, 4) is 11.1 Å². The molecule has 156 valence electrons. The van der Waals surface area contributed by atoms with Gasteiger partial charge >= 0.3 is 5.97 Å². The molecule has 0 bridgehead atoms. The van der Waals surface area contributed by atoms with Crippen molar-refractivity contribution in [2.45, 2.75) is 46.1 Å². The molecule has 2 aromatic carbocycles. The maximum atomic E-state index is 12.8. The molecule has 0 aliphatic carbocycles. The second kappa shape index (κ2) is 11.4. The molecular formula is C24H32N2O3. The van der Waals surface area contributed by atoms with Crippen molar-refractivity contribution in [1.29, 1.82) is 0 Å². The Labute approximate surface area is 173 Å². The number of unbranched alkanes of at least 4 members (excludes halogenated alkanes) is 1. The van der Waals surface area contributed by atoms with Crippen molar-refractivity contribution in [2.24, 2.45) is 11.7 Å². The molecule has 0 aliphatic heterocycles. The van der Waals surface area contributed by atoms with E-state index >= 15 is 0 Å². The normalized spacial score (nSPS) is 11.9. The first-order valence-electron chi connectivity index (χ1n) is 10.3. The Morgan fingerprint density at radius 2 is 1.69 bits per heavy atom. The molecule has 0 saturated heterocycles. The van der Waals surface area contributed by atoms with E-state index < -0.39 is 12.0 Å². The standard InChI is InChI=1S/C24H32N2O3/c1-4-5-16-29-24(28)22(25)20-12-8-6-10-18(20)19-11-7-9-13-21(19)23(27)26-15-14-17(2)3/h6-13,17,22H,4-5,14-16,25H2,1-3H3,(H,26,27). The predicted octanol–water partition coefficient (Wildman–Crippen LogP) is 4.47. The second-order valence-electron chi connectivity index (χ2n) is 7.57. The maximum Gasteiger partial charge on any atom is 0.327 e. The van der Waals surface area contributed by atoms with Crippen LogP contribution in [-0.4, -0.2) is 25.0 Å². The summed E-state index contributed by atoms with van der Waals surface area (Å²) in [6.07, 6.45) is 2.66. The quantitative estimate of drug-likeness (QED) is 0.458. The first-order valence-corrected chi connectivity index (χ1v) is 10.3. The van der Waals surface area contributed by atoms with Crippen LogP contribution in [0.5, 0.6) is 0 Å². The van der Waals surface area contributed by atoms with Gasteiger partial charge < -0.3 is 15.8 Å². The summed E-state index contributed by atoms with van der Waals surface area (Å²) in [6, 6.07) is 13.9. The van der Waals surface area contributed by atoms with Crippen LogP contribution in [0, 0.1) is 5.92 Å². The van der Waals surface area contributed by atoms with Gasteiger partial charge in [0.15, 0.2) is 0 Å². The molecule has 3 N–H and O–H groups in total. The molecule has 0 heterocycles. The number of nitrogens with two attached hydrogens (primary N) is 1. The van der Waals surface area contributed by atoms with Gasteiger partial charge in [0.25, 0.3) is 5.91 Å². The number of nitrogens with one attached hydrogen (secondary N) is 1. The van der Waals surface area contributed by atoms with Gasteiger partial charge in [-0.25, -0.2) is 4.79 Å². The maximum absolute atomic E-state index is 12.8. The molecule has 0 spiro atoms. The molecule has 2 rings (SSSR count). The van der Waals surface area contributed by atoms with E-state index in [1.807, 2.05) is 49.4 Å². The summed E-state index contributed by atoms with van der Waals surface area (Å²) in [5.74, 6) is -0.0668. The van der Waals surface area contributed by atoms with Gasteiger partial charge in [0, 0.05) is 12.1 Å². The number of ether oxygens (including phenoxy) is 1. The Bertz CT molecular complexity index is 817. The van der Waals surface area contributed by atoms with Crippen LogP contribution < -0.4 is 11.1 Å². The first kappa shape index (κ1) is 22.6. The van der Waals surface area contributed by atoms with Crippen molar-refractivity contribution in [1.82, 2.24) is 5.32 Å². The van der Waals surface area contributed by atoms with Gasteiger partial charge in [-0.3, -0.25) is 4.79 Å². The third kappa shape index (κ3) is 6.43. The molecule has 5 nitrogen and oxygen atoms in total. The molecule has 29 heavy (non-hydrogen) atoms. The lowest BCUT2D eigenvalue weighted by Crippen LogP contribution is -2.27. The predicted molar refractivity (Wildman–Crippen MR) is 116 cm³/mol. The van der Waals surface area contributed by atoms with E-state index in [1.54, 1.807) is 6.07 Å². The van der Waals surface area contributed by atoms with Crippen LogP contribution in [0.15, 0.2) is 48.5 Å². The molecule has 1 atom stereocenters. The number of carbonyl (C=O) groups excluding carboxylic acids is 2. The third-order valence-electron chi connectivity index (χ3n) is 4.76. The second-order valence-corrected chi connectivity index (χ2v) is 7.57. The van der Waals surface area contributed by atoms with Crippen LogP contribution >= 0.6 is 0 Å². The lowest BCUT2D eigenvalue weighted by atomic mass is 9.92. The minimum absolute atomic E-state index is 0.129. The Hall–Kier alpha value is -2.66. The van der Waals surface area contributed by atoms with Crippen LogP contribution in [0.4, 0.5) is 0 Å². The zero-order valence-electron chi connectivity index (χ0n) is 17.6. The topological polar surface area (TPSA) is 81.4 Å². The van der Waals surface area contributed by atoms with E-state index in [9.17, 15) is 9.59 Å². The molecular weight excluding hydrogens is 364 g/mol. The molecule has 1 amide bonds. The highest BCUT2D eigenvalue weighted by atomic mass is 16.5. The summed E-state index contributed by atoms with van der Waals surface area (Å²) in [5.41, 5.74) is 8.96. The highest BCUT2D eigenvalue weighted by Gasteiger charge is 2.23. The fourth-order valence-electron chi connectivity index (χ4n) is 3.03. The van der Waals surface area contributed by atoms with E-state index in [2.05, 4.69) is 19.2 Å². The van der Waals surface area contributed by atoms with Gasteiger partial charge in [0.05, 0.1) is 6.61 Å². The molecule has 2 aromatic rings. The SMILES string of the molecule is CCCCOC(=O)C(N)c1ccccc1-c1ccccc1C(=O)NCCC(C)C. The minimum atomic E-state index is -0.903. The number of hydrogen-bond acceptors (Lipinski definition) is 4. The van der Waals surface area contributed by atoms with Crippen molar-refractivity contribution >= 4 is 11.9 Å². The number of amides is 1. The summed E-state index contributed by atoms with van der Waals surface area (Å²) in [7, 11) is 0. The Balaban J connectivity index is 2.29. The van der Waals surface area contributed by atoms with Gasteiger partial charge in [0.1, 0.15) is 6.04 Å². The Morgan fingerprint density at radius 1 is 1.03 bits per heavy atom. The van der Waals surface area contributed by atoms with Crippen LogP contribution in [0.1, 0.15) is 62.0 Å². The monoisotopic (exact) mass is 396 g/mol. The van der Waals surface area contributed by atoms with Crippen molar-refractivity contribution in [3.05, 3.63) is 59.7 Å². The number of hydrogen-bond donors (Lipinski definition) is 2.